The summed E-state index contributed by atoms with van der Waals surface area (Å²) >= 11 is 4.65. The van der Waals surface area contributed by atoms with Crippen LogP contribution in [0.4, 0.5) is 10.1 Å². The van der Waals surface area contributed by atoms with E-state index in [2.05, 4.69) is 20.7 Å². The molecule has 1 aromatic carbocycles. The van der Waals surface area contributed by atoms with Gasteiger partial charge in [-0.1, -0.05) is 12.8 Å². The SMILES string of the molecule is CSC1(CNS(=O)(=O)c2cc(N)cc(Br)c2F)CCCC1. The molecule has 0 atom stereocenters. The maximum absolute atomic E-state index is 14.0. The number of nitrogens with one attached hydrogen (secondary N) is 1. The lowest BCUT2D eigenvalue weighted by Gasteiger charge is -2.26. The Balaban J connectivity index is 2.23. The number of nitrogen functional groups attached to an aromatic ring is 1. The second-order valence-corrected chi connectivity index (χ2v) is 9.10. The van der Waals surface area contributed by atoms with Gasteiger partial charge in [0.2, 0.25) is 10.0 Å². The number of anilines is 1. The number of halogens is 2. The van der Waals surface area contributed by atoms with Gasteiger partial charge >= 0.3 is 0 Å². The van der Waals surface area contributed by atoms with Gasteiger partial charge in [0, 0.05) is 17.0 Å². The van der Waals surface area contributed by atoms with Crippen LogP contribution in [-0.4, -0.2) is 26.0 Å². The van der Waals surface area contributed by atoms with E-state index in [1.807, 2.05) is 6.26 Å². The van der Waals surface area contributed by atoms with Crippen LogP contribution in [0.5, 0.6) is 0 Å². The summed E-state index contributed by atoms with van der Waals surface area (Å²) in [7, 11) is -3.92. The van der Waals surface area contributed by atoms with Crippen LogP contribution in [0.1, 0.15) is 25.7 Å². The minimum absolute atomic E-state index is 0.0447. The van der Waals surface area contributed by atoms with Crippen molar-refractivity contribution < 1.29 is 12.8 Å². The maximum atomic E-state index is 14.0. The van der Waals surface area contributed by atoms with Gasteiger partial charge in [-0.15, -0.1) is 0 Å². The highest BCUT2D eigenvalue weighted by molar-refractivity contribution is 9.10. The van der Waals surface area contributed by atoms with Gasteiger partial charge in [-0.05, 0) is 47.2 Å². The predicted molar refractivity (Wildman–Crippen MR) is 88.4 cm³/mol. The summed E-state index contributed by atoms with van der Waals surface area (Å²) in [6.45, 7) is 0.308. The molecule has 8 heteroatoms. The van der Waals surface area contributed by atoms with Crippen molar-refractivity contribution >= 4 is 43.4 Å². The molecule has 118 valence electrons. The van der Waals surface area contributed by atoms with Crippen LogP contribution in [0.25, 0.3) is 0 Å². The smallest absolute Gasteiger partial charge is 0.243 e. The Morgan fingerprint density at radius 3 is 2.62 bits per heavy atom. The molecule has 1 fully saturated rings. The molecular weight excluding hydrogens is 379 g/mol. The predicted octanol–water partition coefficient (Wildman–Crippen LogP) is 3.12. The van der Waals surface area contributed by atoms with E-state index >= 15 is 0 Å². The van der Waals surface area contributed by atoms with Crippen molar-refractivity contribution in [3.63, 3.8) is 0 Å². The second kappa shape index (κ2) is 6.44. The quantitative estimate of drug-likeness (QED) is 0.749. The van der Waals surface area contributed by atoms with Crippen LogP contribution >= 0.6 is 27.7 Å². The fourth-order valence-electron chi connectivity index (χ4n) is 2.56. The first kappa shape index (κ1) is 17.1. The van der Waals surface area contributed by atoms with E-state index in [-0.39, 0.29) is 14.9 Å². The summed E-state index contributed by atoms with van der Waals surface area (Å²) < 4.78 is 41.2. The van der Waals surface area contributed by atoms with Gasteiger partial charge < -0.3 is 5.73 Å². The van der Waals surface area contributed by atoms with Crippen molar-refractivity contribution in [2.75, 3.05) is 18.5 Å². The lowest BCUT2D eigenvalue weighted by molar-refractivity contribution is 0.537. The van der Waals surface area contributed by atoms with Crippen LogP contribution < -0.4 is 10.5 Å². The van der Waals surface area contributed by atoms with E-state index in [0.29, 0.717) is 6.54 Å². The Bertz CT molecular complexity index is 631. The number of hydrogen-bond acceptors (Lipinski definition) is 4. The van der Waals surface area contributed by atoms with Gasteiger partial charge in [-0.3, -0.25) is 0 Å². The van der Waals surface area contributed by atoms with Crippen LogP contribution in [0, 0.1) is 5.82 Å². The van der Waals surface area contributed by atoms with Crippen molar-refractivity contribution in [2.45, 2.75) is 35.3 Å². The van der Waals surface area contributed by atoms with E-state index in [4.69, 9.17) is 5.73 Å². The van der Waals surface area contributed by atoms with Crippen LogP contribution in [0.2, 0.25) is 0 Å². The lowest BCUT2D eigenvalue weighted by Crippen LogP contribution is -2.38. The zero-order valence-corrected chi connectivity index (χ0v) is 14.9. The average Bonchev–Trinajstić information content (AvgIpc) is 2.90. The Labute approximate surface area is 137 Å². The average molecular weight is 397 g/mol. The highest BCUT2D eigenvalue weighted by atomic mass is 79.9. The van der Waals surface area contributed by atoms with Gasteiger partial charge in [0.05, 0.1) is 4.47 Å². The van der Waals surface area contributed by atoms with Crippen LogP contribution in [0.15, 0.2) is 21.5 Å². The van der Waals surface area contributed by atoms with Gasteiger partial charge in [0.15, 0.2) is 5.82 Å². The number of benzene rings is 1. The third-order valence-electron chi connectivity index (χ3n) is 3.84. The first-order valence-corrected chi connectivity index (χ1v) is 10.1. The molecule has 1 aliphatic carbocycles. The Kier molecular flexibility index (Phi) is 5.23. The van der Waals surface area contributed by atoms with Crippen molar-refractivity contribution in [3.8, 4) is 0 Å². The maximum Gasteiger partial charge on any atom is 0.243 e. The number of sulfonamides is 1. The largest absolute Gasteiger partial charge is 0.399 e. The molecule has 0 heterocycles. The fourth-order valence-corrected chi connectivity index (χ4v) is 5.43. The molecule has 0 aromatic heterocycles. The summed E-state index contributed by atoms with van der Waals surface area (Å²) in [4.78, 5) is -0.413. The molecule has 3 N–H and O–H groups in total. The molecule has 1 aromatic rings. The standard InChI is InChI=1S/C13H18BrFN2O2S2/c1-20-13(4-2-3-5-13)8-17-21(18,19)11-7-9(16)6-10(14)12(11)15/h6-7,17H,2-5,8,16H2,1H3. The molecule has 0 radical (unpaired) electrons. The summed E-state index contributed by atoms with van der Waals surface area (Å²) in [5.74, 6) is -0.818. The number of thioether (sulfide) groups is 1. The third-order valence-corrected chi connectivity index (χ3v) is 7.23. The minimum Gasteiger partial charge on any atom is -0.399 e. The van der Waals surface area contributed by atoms with E-state index in [9.17, 15) is 12.8 Å². The first-order valence-electron chi connectivity index (χ1n) is 6.59. The number of rotatable bonds is 5. The molecule has 0 spiro atoms. The van der Waals surface area contributed by atoms with E-state index in [1.165, 1.54) is 6.07 Å². The zero-order chi connectivity index (χ0) is 15.7. The highest BCUT2D eigenvalue weighted by Crippen LogP contribution is 2.40. The van der Waals surface area contributed by atoms with Crippen molar-refractivity contribution in [1.82, 2.24) is 4.72 Å². The van der Waals surface area contributed by atoms with E-state index in [0.717, 1.165) is 31.7 Å². The summed E-state index contributed by atoms with van der Waals surface area (Å²) in [6, 6.07) is 2.48. The van der Waals surface area contributed by atoms with Crippen molar-refractivity contribution in [3.05, 3.63) is 22.4 Å². The molecule has 1 aliphatic rings. The van der Waals surface area contributed by atoms with Crippen molar-refractivity contribution in [2.24, 2.45) is 0 Å². The molecule has 21 heavy (non-hydrogen) atoms. The minimum atomic E-state index is -3.92. The Morgan fingerprint density at radius 2 is 2.05 bits per heavy atom. The molecule has 1 saturated carbocycles. The molecule has 2 rings (SSSR count). The number of nitrogens with two attached hydrogens (primary N) is 1. The molecule has 0 saturated heterocycles. The fraction of sp³-hybridized carbons (Fsp3) is 0.538. The molecular formula is C13H18BrFN2O2S2. The Hall–Kier alpha value is -0.310. The van der Waals surface area contributed by atoms with Gasteiger partial charge in [-0.25, -0.2) is 17.5 Å². The summed E-state index contributed by atoms with van der Waals surface area (Å²) in [5.41, 5.74) is 5.80. The molecule has 0 aliphatic heterocycles. The molecule has 0 bridgehead atoms. The Morgan fingerprint density at radius 1 is 1.43 bits per heavy atom. The second-order valence-electron chi connectivity index (χ2n) is 5.23. The molecule has 4 nitrogen and oxygen atoms in total. The lowest BCUT2D eigenvalue weighted by atomic mass is 10.1. The van der Waals surface area contributed by atoms with Gasteiger partial charge in [-0.2, -0.15) is 11.8 Å². The molecule has 0 unspecified atom stereocenters. The van der Waals surface area contributed by atoms with Gasteiger partial charge in [0.1, 0.15) is 4.90 Å². The topological polar surface area (TPSA) is 72.2 Å². The zero-order valence-electron chi connectivity index (χ0n) is 11.7. The van der Waals surface area contributed by atoms with Crippen LogP contribution in [-0.2, 0) is 10.0 Å². The van der Waals surface area contributed by atoms with Crippen molar-refractivity contribution in [1.29, 1.82) is 0 Å². The highest BCUT2D eigenvalue weighted by Gasteiger charge is 2.34. The summed E-state index contributed by atoms with van der Waals surface area (Å²) in [5, 5.41) is 0. The monoisotopic (exact) mass is 396 g/mol. The normalized spacial score (nSPS) is 18.0. The van der Waals surface area contributed by atoms with E-state index in [1.54, 1.807) is 11.8 Å². The van der Waals surface area contributed by atoms with Gasteiger partial charge in [0.25, 0.3) is 0 Å². The molecule has 0 amide bonds. The number of hydrogen-bond donors (Lipinski definition) is 2. The summed E-state index contributed by atoms with van der Waals surface area (Å²) in [6.07, 6.45) is 6.12. The van der Waals surface area contributed by atoms with E-state index < -0.39 is 20.7 Å². The first-order chi connectivity index (χ1) is 9.80. The van der Waals surface area contributed by atoms with Crippen LogP contribution in [0.3, 0.4) is 0 Å². The third kappa shape index (κ3) is 3.72.